The average molecular weight is 424 g/mol. The highest BCUT2D eigenvalue weighted by atomic mass is 79.9. The van der Waals surface area contributed by atoms with E-state index in [0.29, 0.717) is 11.4 Å². The predicted octanol–water partition coefficient (Wildman–Crippen LogP) is 4.56. The number of carbonyl (C=O) groups is 2. The number of hydrogen-bond acceptors (Lipinski definition) is 3. The Morgan fingerprint density at radius 3 is 2.63 bits per heavy atom. The summed E-state index contributed by atoms with van der Waals surface area (Å²) in [6, 6.07) is 15.1. The number of nitrogens with zero attached hydrogens (tertiary/aromatic N) is 2. The molecule has 4 rings (SSSR count). The van der Waals surface area contributed by atoms with Gasteiger partial charge in [0.1, 0.15) is 5.82 Å². The number of rotatable bonds is 3. The molecule has 0 aliphatic carbocycles. The normalized spacial score (nSPS) is 16.0. The fourth-order valence-electron chi connectivity index (χ4n) is 3.53. The van der Waals surface area contributed by atoms with Crippen LogP contribution in [0.2, 0.25) is 0 Å². The van der Waals surface area contributed by atoms with Gasteiger partial charge in [-0.1, -0.05) is 40.2 Å². The minimum atomic E-state index is -0.534. The van der Waals surface area contributed by atoms with Gasteiger partial charge >= 0.3 is 0 Å². The lowest BCUT2D eigenvalue weighted by molar-refractivity contribution is -0.116. The Hall–Kier alpha value is -2.73. The van der Waals surface area contributed by atoms with Crippen molar-refractivity contribution in [1.82, 2.24) is 9.78 Å². The number of fused-ring (bicyclic) bond motifs is 1. The van der Waals surface area contributed by atoms with E-state index in [0.717, 1.165) is 27.0 Å². The van der Waals surface area contributed by atoms with Crippen LogP contribution in [0.1, 0.15) is 39.5 Å². The molecule has 2 aromatic carbocycles. The third kappa shape index (κ3) is 3.21. The second-order valence-electron chi connectivity index (χ2n) is 6.77. The molecule has 0 saturated heterocycles. The second kappa shape index (κ2) is 6.78. The molecule has 0 bridgehead atoms. The minimum Gasteiger partial charge on any atom is -0.310 e. The van der Waals surface area contributed by atoms with E-state index in [1.165, 1.54) is 0 Å². The van der Waals surface area contributed by atoms with Gasteiger partial charge in [-0.3, -0.25) is 9.59 Å². The molecule has 1 aliphatic heterocycles. The first-order valence-corrected chi connectivity index (χ1v) is 9.49. The van der Waals surface area contributed by atoms with Crippen molar-refractivity contribution >= 4 is 33.4 Å². The molecular weight excluding hydrogens is 406 g/mol. The quantitative estimate of drug-likeness (QED) is 0.627. The number of nitrogens with one attached hydrogen (secondary N) is 1. The molecular formula is C21H18BrN3O2. The summed E-state index contributed by atoms with van der Waals surface area (Å²) in [5, 5.41) is 7.54. The highest BCUT2D eigenvalue weighted by Crippen LogP contribution is 2.38. The first-order chi connectivity index (χ1) is 12.9. The molecule has 0 saturated carbocycles. The van der Waals surface area contributed by atoms with Crippen molar-refractivity contribution in [3.05, 3.63) is 75.4 Å². The first kappa shape index (κ1) is 17.7. The van der Waals surface area contributed by atoms with Gasteiger partial charge in [-0.2, -0.15) is 5.10 Å². The standard InChI is InChI=1S/C21H18BrN3O2/c1-12-4-3-5-16(10-12)25-21-19(13(2)24-25)17(11-18(26)23-21)20(27)14-6-8-15(22)9-7-14/h3-10,17H,11H2,1-2H3,(H,23,26)/t17-/m1/s1. The summed E-state index contributed by atoms with van der Waals surface area (Å²) < 4.78 is 2.63. The van der Waals surface area contributed by atoms with Crippen molar-refractivity contribution in [2.24, 2.45) is 0 Å². The molecule has 0 radical (unpaired) electrons. The molecule has 3 aromatic rings. The van der Waals surface area contributed by atoms with Crippen molar-refractivity contribution in [2.75, 3.05) is 5.32 Å². The van der Waals surface area contributed by atoms with Crippen molar-refractivity contribution in [3.63, 3.8) is 0 Å². The number of benzene rings is 2. The van der Waals surface area contributed by atoms with E-state index in [-0.39, 0.29) is 18.1 Å². The highest BCUT2D eigenvalue weighted by Gasteiger charge is 2.36. The predicted molar refractivity (Wildman–Crippen MR) is 107 cm³/mol. The third-order valence-electron chi connectivity index (χ3n) is 4.79. The number of hydrogen-bond donors (Lipinski definition) is 1. The van der Waals surface area contributed by atoms with E-state index in [1.54, 1.807) is 16.8 Å². The van der Waals surface area contributed by atoms with Crippen LogP contribution >= 0.6 is 15.9 Å². The molecule has 1 N–H and O–H groups in total. The van der Waals surface area contributed by atoms with Crippen LogP contribution < -0.4 is 5.32 Å². The molecule has 1 aromatic heterocycles. The Morgan fingerprint density at radius 1 is 1.19 bits per heavy atom. The highest BCUT2D eigenvalue weighted by molar-refractivity contribution is 9.10. The van der Waals surface area contributed by atoms with Crippen LogP contribution in [0.25, 0.3) is 5.69 Å². The van der Waals surface area contributed by atoms with Crippen molar-refractivity contribution in [2.45, 2.75) is 26.2 Å². The number of aromatic nitrogens is 2. The topological polar surface area (TPSA) is 64.0 Å². The molecule has 5 nitrogen and oxygen atoms in total. The zero-order valence-corrected chi connectivity index (χ0v) is 16.6. The summed E-state index contributed by atoms with van der Waals surface area (Å²) >= 11 is 3.38. The van der Waals surface area contributed by atoms with Gasteiger partial charge in [0.2, 0.25) is 5.91 Å². The second-order valence-corrected chi connectivity index (χ2v) is 7.69. The van der Waals surface area contributed by atoms with Crippen molar-refractivity contribution in [1.29, 1.82) is 0 Å². The summed E-state index contributed by atoms with van der Waals surface area (Å²) in [5.41, 5.74) is 4.09. The number of aryl methyl sites for hydroxylation is 2. The number of carbonyl (C=O) groups excluding carboxylic acids is 2. The number of ketones is 1. The maximum atomic E-state index is 13.1. The van der Waals surface area contributed by atoms with E-state index < -0.39 is 5.92 Å². The van der Waals surface area contributed by atoms with Crippen LogP contribution in [0.3, 0.4) is 0 Å². The van der Waals surface area contributed by atoms with Crippen molar-refractivity contribution < 1.29 is 9.59 Å². The van der Waals surface area contributed by atoms with E-state index in [4.69, 9.17) is 0 Å². The Morgan fingerprint density at radius 2 is 1.93 bits per heavy atom. The van der Waals surface area contributed by atoms with Gasteiger partial charge in [0, 0.05) is 22.0 Å². The number of Topliss-reactive ketones (excluding diaryl/α,β-unsaturated/α-hetero) is 1. The maximum absolute atomic E-state index is 13.1. The maximum Gasteiger partial charge on any atom is 0.226 e. The van der Waals surface area contributed by atoms with E-state index >= 15 is 0 Å². The molecule has 0 unspecified atom stereocenters. The van der Waals surface area contributed by atoms with Gasteiger partial charge in [0.05, 0.1) is 17.3 Å². The molecule has 136 valence electrons. The van der Waals surface area contributed by atoms with E-state index in [2.05, 4.69) is 26.3 Å². The summed E-state index contributed by atoms with van der Waals surface area (Å²) in [6.07, 6.45) is 0.127. The Bertz CT molecular complexity index is 1050. The van der Waals surface area contributed by atoms with Gasteiger partial charge in [-0.05, 0) is 43.7 Å². The molecule has 2 heterocycles. The van der Waals surface area contributed by atoms with Gasteiger partial charge in [0.15, 0.2) is 5.78 Å². The van der Waals surface area contributed by atoms with E-state index in [9.17, 15) is 9.59 Å². The monoisotopic (exact) mass is 423 g/mol. The fourth-order valence-corrected chi connectivity index (χ4v) is 3.80. The van der Waals surface area contributed by atoms with Crippen LogP contribution in [0.5, 0.6) is 0 Å². The molecule has 0 fully saturated rings. The lowest BCUT2D eigenvalue weighted by atomic mass is 9.85. The molecule has 1 aliphatic rings. The Kier molecular flexibility index (Phi) is 4.44. The van der Waals surface area contributed by atoms with Gasteiger partial charge < -0.3 is 5.32 Å². The molecule has 1 atom stereocenters. The zero-order valence-electron chi connectivity index (χ0n) is 15.0. The lowest BCUT2D eigenvalue weighted by Gasteiger charge is -2.23. The Balaban J connectivity index is 1.82. The van der Waals surface area contributed by atoms with Crippen LogP contribution in [-0.4, -0.2) is 21.5 Å². The van der Waals surface area contributed by atoms with Gasteiger partial charge in [0.25, 0.3) is 0 Å². The summed E-state index contributed by atoms with van der Waals surface area (Å²) in [6.45, 7) is 3.88. The van der Waals surface area contributed by atoms with Crippen LogP contribution in [0, 0.1) is 13.8 Å². The first-order valence-electron chi connectivity index (χ1n) is 8.70. The summed E-state index contributed by atoms with van der Waals surface area (Å²) in [5.74, 6) is -0.185. The largest absolute Gasteiger partial charge is 0.310 e. The van der Waals surface area contributed by atoms with Crippen molar-refractivity contribution in [3.8, 4) is 5.69 Å². The third-order valence-corrected chi connectivity index (χ3v) is 5.32. The van der Waals surface area contributed by atoms with Gasteiger partial charge in [-0.25, -0.2) is 4.68 Å². The van der Waals surface area contributed by atoms with Crippen LogP contribution in [-0.2, 0) is 4.79 Å². The molecule has 6 heteroatoms. The lowest BCUT2D eigenvalue weighted by Crippen LogP contribution is -2.28. The molecule has 1 amide bonds. The summed E-state index contributed by atoms with van der Waals surface area (Å²) in [4.78, 5) is 25.5. The summed E-state index contributed by atoms with van der Waals surface area (Å²) in [7, 11) is 0. The van der Waals surface area contributed by atoms with Gasteiger partial charge in [-0.15, -0.1) is 0 Å². The van der Waals surface area contributed by atoms with Crippen LogP contribution in [0.15, 0.2) is 53.0 Å². The number of amides is 1. The van der Waals surface area contributed by atoms with Crippen LogP contribution in [0.4, 0.5) is 5.82 Å². The fraction of sp³-hybridized carbons (Fsp3) is 0.190. The van der Waals surface area contributed by atoms with E-state index in [1.807, 2.05) is 50.2 Å². The minimum absolute atomic E-state index is 0.0644. The zero-order chi connectivity index (χ0) is 19.1. The smallest absolute Gasteiger partial charge is 0.226 e. The average Bonchev–Trinajstić information content (AvgIpc) is 2.97. The molecule has 27 heavy (non-hydrogen) atoms. The number of anilines is 1. The SMILES string of the molecule is Cc1cccc(-n2nc(C)c3c2NC(=O)C[C@H]3C(=O)c2ccc(Br)cc2)c1. The Labute approximate surface area is 165 Å². The number of halogens is 1. The molecule has 0 spiro atoms.